The summed E-state index contributed by atoms with van der Waals surface area (Å²) in [7, 11) is -4.04. The third kappa shape index (κ3) is 4.73. The molecule has 4 rings (SSSR count). The van der Waals surface area contributed by atoms with Crippen molar-refractivity contribution in [3.05, 3.63) is 53.4 Å². The molecule has 2 heterocycles. The second-order valence-electron chi connectivity index (χ2n) is 7.28. The van der Waals surface area contributed by atoms with E-state index in [4.69, 9.17) is 21.5 Å². The van der Waals surface area contributed by atoms with Crippen LogP contribution in [0, 0.1) is 5.92 Å². The molecule has 0 saturated heterocycles. The van der Waals surface area contributed by atoms with Crippen molar-refractivity contribution in [3.8, 4) is 5.88 Å². The molecule has 1 saturated carbocycles. The lowest BCUT2D eigenvalue weighted by atomic mass is 10.1. The van der Waals surface area contributed by atoms with Crippen LogP contribution >= 0.6 is 11.6 Å². The minimum atomic E-state index is -4.04. The van der Waals surface area contributed by atoms with Gasteiger partial charge in [-0.2, -0.15) is 8.42 Å². The highest BCUT2D eigenvalue weighted by molar-refractivity contribution is 7.84. The fourth-order valence-electron chi connectivity index (χ4n) is 3.75. The van der Waals surface area contributed by atoms with Crippen LogP contribution in [0.25, 0.3) is 11.0 Å². The van der Waals surface area contributed by atoms with Crippen molar-refractivity contribution in [3.63, 3.8) is 0 Å². The number of hydrogen-bond acceptors (Lipinski definition) is 7. The van der Waals surface area contributed by atoms with E-state index >= 15 is 0 Å². The maximum atomic E-state index is 11.0. The normalized spacial score (nSPS) is 21.9. The van der Waals surface area contributed by atoms with Gasteiger partial charge in [-0.15, -0.1) is 0 Å². The van der Waals surface area contributed by atoms with Crippen LogP contribution in [-0.2, 0) is 21.1 Å². The van der Waals surface area contributed by atoms with Crippen LogP contribution in [0.5, 0.6) is 5.88 Å². The summed E-state index contributed by atoms with van der Waals surface area (Å²) in [5.41, 5.74) is 1.64. The van der Waals surface area contributed by atoms with Gasteiger partial charge in [0, 0.05) is 23.2 Å². The third-order valence-corrected chi connectivity index (χ3v) is 5.95. The molecule has 2 aromatic heterocycles. The van der Waals surface area contributed by atoms with Crippen molar-refractivity contribution in [1.29, 1.82) is 0 Å². The summed E-state index contributed by atoms with van der Waals surface area (Å²) in [5, 5.41) is 16.6. The molecule has 1 aliphatic carbocycles. The minimum Gasteiger partial charge on any atom is -0.472 e. The van der Waals surface area contributed by atoms with Crippen LogP contribution in [0.4, 0.5) is 0 Å². The first-order chi connectivity index (χ1) is 14.3. The Bertz CT molecular complexity index is 1140. The number of aliphatic hydroxyl groups is 1. The van der Waals surface area contributed by atoms with Gasteiger partial charge in [-0.25, -0.2) is 15.1 Å². The standard InChI is InChI=1S/C19H21ClN4O5S/c20-14-3-1-12(2-4-14)9-28-19-16-5-6-24(18(16)22-11-23-19)15-7-13(17(25)8-15)10-29-30(21,26)27/h1-6,11,13,15,17,25H,7-10H2,(H2,21,26,27)/t13-,15+,17-/m0/s1. The predicted molar refractivity (Wildman–Crippen MR) is 110 cm³/mol. The number of fused-ring (bicyclic) bond motifs is 1. The molecule has 0 amide bonds. The molecular weight excluding hydrogens is 432 g/mol. The first-order valence-electron chi connectivity index (χ1n) is 9.34. The van der Waals surface area contributed by atoms with E-state index in [-0.39, 0.29) is 18.6 Å². The van der Waals surface area contributed by atoms with E-state index in [2.05, 4.69) is 14.2 Å². The van der Waals surface area contributed by atoms with Crippen molar-refractivity contribution < 1.29 is 22.4 Å². The van der Waals surface area contributed by atoms with E-state index < -0.39 is 16.4 Å². The van der Waals surface area contributed by atoms with Crippen LogP contribution in [0.3, 0.4) is 0 Å². The highest BCUT2D eigenvalue weighted by atomic mass is 35.5. The lowest BCUT2D eigenvalue weighted by Gasteiger charge is -2.14. The van der Waals surface area contributed by atoms with Gasteiger partial charge < -0.3 is 14.4 Å². The lowest BCUT2D eigenvalue weighted by molar-refractivity contribution is 0.100. The maximum Gasteiger partial charge on any atom is 0.333 e. The Labute approximate surface area is 178 Å². The summed E-state index contributed by atoms with van der Waals surface area (Å²) >= 11 is 5.91. The number of nitrogens with zero attached hydrogens (tertiary/aromatic N) is 3. The summed E-state index contributed by atoms with van der Waals surface area (Å²) in [4.78, 5) is 8.62. The fraction of sp³-hybridized carbons (Fsp3) is 0.368. The van der Waals surface area contributed by atoms with Gasteiger partial charge in [0.15, 0.2) is 0 Å². The van der Waals surface area contributed by atoms with Gasteiger partial charge in [0.2, 0.25) is 5.88 Å². The number of hydrogen-bond donors (Lipinski definition) is 2. The van der Waals surface area contributed by atoms with Crippen molar-refractivity contribution in [1.82, 2.24) is 14.5 Å². The predicted octanol–water partition coefficient (Wildman–Crippen LogP) is 2.20. The lowest BCUT2D eigenvalue weighted by Crippen LogP contribution is -2.24. The molecule has 0 spiro atoms. The Hall–Kier alpha value is -2.24. The monoisotopic (exact) mass is 452 g/mol. The van der Waals surface area contributed by atoms with E-state index in [0.717, 1.165) is 10.9 Å². The van der Waals surface area contributed by atoms with Crippen molar-refractivity contribution >= 4 is 32.9 Å². The molecule has 1 aliphatic rings. The summed E-state index contributed by atoms with van der Waals surface area (Å²) in [5.74, 6) is 0.120. The number of aromatic nitrogens is 3. The number of benzene rings is 1. The Morgan fingerprint density at radius 2 is 1.97 bits per heavy atom. The van der Waals surface area contributed by atoms with Crippen LogP contribution in [-0.4, -0.2) is 40.8 Å². The van der Waals surface area contributed by atoms with Gasteiger partial charge in [-0.05, 0) is 36.6 Å². The summed E-state index contributed by atoms with van der Waals surface area (Å²) < 4.78 is 34.6. The molecule has 0 radical (unpaired) electrons. The van der Waals surface area contributed by atoms with Gasteiger partial charge >= 0.3 is 10.3 Å². The average Bonchev–Trinajstić information content (AvgIpc) is 3.29. The highest BCUT2D eigenvalue weighted by Gasteiger charge is 2.35. The largest absolute Gasteiger partial charge is 0.472 e. The Morgan fingerprint density at radius 1 is 1.20 bits per heavy atom. The first kappa shape index (κ1) is 21.0. The molecule has 3 aromatic rings. The van der Waals surface area contributed by atoms with Crippen molar-refractivity contribution in [2.24, 2.45) is 11.1 Å². The molecule has 1 aromatic carbocycles. The Kier molecular flexibility index (Phi) is 5.94. The Balaban J connectivity index is 1.49. The molecule has 9 nitrogen and oxygen atoms in total. The summed E-state index contributed by atoms with van der Waals surface area (Å²) in [6.45, 7) is 0.184. The van der Waals surface area contributed by atoms with Crippen LogP contribution in [0.1, 0.15) is 24.4 Å². The van der Waals surface area contributed by atoms with Crippen molar-refractivity contribution in [2.45, 2.75) is 31.6 Å². The van der Waals surface area contributed by atoms with Gasteiger partial charge in [0.1, 0.15) is 18.6 Å². The van der Waals surface area contributed by atoms with E-state index in [0.29, 0.717) is 36.0 Å². The average molecular weight is 453 g/mol. The first-order valence-corrected chi connectivity index (χ1v) is 11.2. The van der Waals surface area contributed by atoms with Crippen LogP contribution in [0.15, 0.2) is 42.9 Å². The van der Waals surface area contributed by atoms with Gasteiger partial charge in [-0.1, -0.05) is 23.7 Å². The second kappa shape index (κ2) is 8.48. The van der Waals surface area contributed by atoms with E-state index in [1.807, 2.05) is 29.0 Å². The molecular formula is C19H21ClN4O5S. The maximum absolute atomic E-state index is 11.0. The zero-order chi connectivity index (χ0) is 21.3. The van der Waals surface area contributed by atoms with E-state index in [9.17, 15) is 13.5 Å². The molecule has 160 valence electrons. The molecule has 0 unspecified atom stereocenters. The van der Waals surface area contributed by atoms with Crippen LogP contribution < -0.4 is 9.88 Å². The van der Waals surface area contributed by atoms with Gasteiger partial charge in [0.05, 0.1) is 18.1 Å². The quantitative estimate of drug-likeness (QED) is 0.562. The number of rotatable bonds is 7. The highest BCUT2D eigenvalue weighted by Crippen LogP contribution is 2.38. The topological polar surface area (TPSA) is 130 Å². The molecule has 0 bridgehead atoms. The van der Waals surface area contributed by atoms with E-state index in [1.54, 1.807) is 12.1 Å². The Morgan fingerprint density at radius 3 is 2.70 bits per heavy atom. The summed E-state index contributed by atoms with van der Waals surface area (Å²) in [6, 6.07) is 9.17. The molecule has 3 N–H and O–H groups in total. The van der Waals surface area contributed by atoms with Gasteiger partial charge in [-0.3, -0.25) is 4.18 Å². The number of nitrogens with two attached hydrogens (primary N) is 1. The van der Waals surface area contributed by atoms with Crippen molar-refractivity contribution in [2.75, 3.05) is 6.61 Å². The smallest absolute Gasteiger partial charge is 0.333 e. The van der Waals surface area contributed by atoms with Crippen LogP contribution in [0.2, 0.25) is 5.02 Å². The molecule has 30 heavy (non-hydrogen) atoms. The molecule has 0 aliphatic heterocycles. The zero-order valence-electron chi connectivity index (χ0n) is 15.9. The summed E-state index contributed by atoms with van der Waals surface area (Å²) in [6.07, 6.45) is 3.59. The fourth-order valence-corrected chi connectivity index (χ4v) is 4.24. The molecule has 3 atom stereocenters. The molecule has 11 heteroatoms. The third-order valence-electron chi connectivity index (χ3n) is 5.23. The van der Waals surface area contributed by atoms with E-state index in [1.165, 1.54) is 6.33 Å². The minimum absolute atomic E-state index is 0.0643. The SMILES string of the molecule is NS(=O)(=O)OC[C@@H]1C[C@@H](n2ccc3c(OCc4ccc(Cl)cc4)ncnc32)C[C@@H]1O. The van der Waals surface area contributed by atoms with Gasteiger partial charge in [0.25, 0.3) is 0 Å². The number of aliphatic hydroxyl groups excluding tert-OH is 1. The molecule has 1 fully saturated rings. The zero-order valence-corrected chi connectivity index (χ0v) is 17.5. The number of halogens is 1. The second-order valence-corrected chi connectivity index (χ2v) is 8.94. The number of ether oxygens (including phenoxy) is 1.